The predicted octanol–water partition coefficient (Wildman–Crippen LogP) is -0.905. The molecule has 0 atom stereocenters. The fourth-order valence-corrected chi connectivity index (χ4v) is 0.619. The summed E-state index contributed by atoms with van der Waals surface area (Å²) in [4.78, 5) is 10.7. The maximum atomic E-state index is 10.7. The lowest BCUT2D eigenvalue weighted by atomic mass is 10.4. The van der Waals surface area contributed by atoms with E-state index in [1.807, 2.05) is 6.92 Å². The molecule has 0 heterocycles. The number of amides is 1. The molecule has 0 fully saturated rings. The molecule has 3 N–H and O–H groups in total. The Kier molecular flexibility index (Phi) is 7.08. The number of nitrogens with one attached hydrogen (secondary N) is 2. The second-order valence-corrected chi connectivity index (χ2v) is 2.18. The average molecular weight is 160 g/mol. The van der Waals surface area contributed by atoms with E-state index < -0.39 is 0 Å². The molecule has 1 amide bonds. The molecule has 0 radical (unpaired) electrons. The SMILES string of the molecule is CCC(=O)NCCNCCO. The second kappa shape index (κ2) is 7.50. The fraction of sp³-hybridized carbons (Fsp3) is 0.857. The second-order valence-electron chi connectivity index (χ2n) is 2.18. The molecule has 0 spiro atoms. The monoisotopic (exact) mass is 160 g/mol. The molecular weight excluding hydrogens is 144 g/mol. The van der Waals surface area contributed by atoms with Crippen molar-refractivity contribution in [2.45, 2.75) is 13.3 Å². The highest BCUT2D eigenvalue weighted by atomic mass is 16.3. The lowest BCUT2D eigenvalue weighted by Crippen LogP contribution is -2.32. The number of carbonyl (C=O) groups excluding carboxylic acids is 1. The van der Waals surface area contributed by atoms with E-state index in [1.54, 1.807) is 0 Å². The molecule has 4 nitrogen and oxygen atoms in total. The van der Waals surface area contributed by atoms with Gasteiger partial charge in [-0.05, 0) is 0 Å². The van der Waals surface area contributed by atoms with Gasteiger partial charge in [-0.2, -0.15) is 0 Å². The van der Waals surface area contributed by atoms with Crippen LogP contribution in [0.15, 0.2) is 0 Å². The Balaban J connectivity index is 2.95. The molecule has 0 aromatic rings. The minimum Gasteiger partial charge on any atom is -0.395 e. The fourth-order valence-electron chi connectivity index (χ4n) is 0.619. The zero-order valence-corrected chi connectivity index (χ0v) is 6.89. The first-order chi connectivity index (χ1) is 5.31. The molecule has 0 bridgehead atoms. The van der Waals surface area contributed by atoms with Crippen molar-refractivity contribution in [3.8, 4) is 0 Å². The first kappa shape index (κ1) is 10.4. The molecule has 0 rings (SSSR count). The molecule has 0 aromatic heterocycles. The van der Waals surface area contributed by atoms with Crippen molar-refractivity contribution in [2.24, 2.45) is 0 Å². The summed E-state index contributed by atoms with van der Waals surface area (Å²) in [6.45, 7) is 3.89. The number of aliphatic hydroxyl groups excluding tert-OH is 1. The van der Waals surface area contributed by atoms with E-state index in [1.165, 1.54) is 0 Å². The maximum Gasteiger partial charge on any atom is 0.219 e. The topological polar surface area (TPSA) is 61.4 Å². The highest BCUT2D eigenvalue weighted by Gasteiger charge is 1.93. The molecule has 0 aliphatic rings. The zero-order chi connectivity index (χ0) is 8.53. The van der Waals surface area contributed by atoms with E-state index in [4.69, 9.17) is 5.11 Å². The van der Waals surface area contributed by atoms with Gasteiger partial charge in [0.1, 0.15) is 0 Å². The first-order valence-corrected chi connectivity index (χ1v) is 3.89. The van der Waals surface area contributed by atoms with Crippen LogP contribution >= 0.6 is 0 Å². The largest absolute Gasteiger partial charge is 0.395 e. The van der Waals surface area contributed by atoms with Gasteiger partial charge in [-0.1, -0.05) is 6.92 Å². The number of rotatable bonds is 6. The number of hydrogen-bond acceptors (Lipinski definition) is 3. The number of carbonyl (C=O) groups is 1. The van der Waals surface area contributed by atoms with Crippen LogP contribution in [0.5, 0.6) is 0 Å². The van der Waals surface area contributed by atoms with Gasteiger partial charge in [0, 0.05) is 26.1 Å². The van der Waals surface area contributed by atoms with Crippen molar-refractivity contribution in [3.05, 3.63) is 0 Å². The minimum atomic E-state index is 0.0656. The Labute approximate surface area is 67.0 Å². The molecule has 66 valence electrons. The van der Waals surface area contributed by atoms with Gasteiger partial charge in [0.2, 0.25) is 5.91 Å². The molecule has 0 unspecified atom stereocenters. The lowest BCUT2D eigenvalue weighted by Gasteiger charge is -2.03. The third-order valence-electron chi connectivity index (χ3n) is 1.23. The van der Waals surface area contributed by atoms with Crippen LogP contribution in [0.1, 0.15) is 13.3 Å². The third kappa shape index (κ3) is 7.29. The van der Waals surface area contributed by atoms with E-state index in [9.17, 15) is 4.79 Å². The predicted molar refractivity (Wildman–Crippen MR) is 43.3 cm³/mol. The van der Waals surface area contributed by atoms with Gasteiger partial charge in [-0.15, -0.1) is 0 Å². The van der Waals surface area contributed by atoms with Crippen molar-refractivity contribution in [1.29, 1.82) is 0 Å². The third-order valence-corrected chi connectivity index (χ3v) is 1.23. The summed E-state index contributed by atoms with van der Waals surface area (Å²) >= 11 is 0. The summed E-state index contributed by atoms with van der Waals surface area (Å²) in [5.74, 6) is 0.0656. The smallest absolute Gasteiger partial charge is 0.219 e. The Morgan fingerprint density at radius 2 is 2.09 bits per heavy atom. The van der Waals surface area contributed by atoms with Crippen LogP contribution in [0.3, 0.4) is 0 Å². The Bertz CT molecular complexity index is 107. The van der Waals surface area contributed by atoms with Crippen molar-refractivity contribution >= 4 is 5.91 Å². The van der Waals surface area contributed by atoms with E-state index in [0.29, 0.717) is 26.1 Å². The van der Waals surface area contributed by atoms with E-state index in [2.05, 4.69) is 10.6 Å². The molecule has 0 saturated heterocycles. The van der Waals surface area contributed by atoms with Crippen molar-refractivity contribution in [1.82, 2.24) is 10.6 Å². The lowest BCUT2D eigenvalue weighted by molar-refractivity contribution is -0.120. The number of hydrogen-bond donors (Lipinski definition) is 3. The molecule has 0 aliphatic carbocycles. The Morgan fingerprint density at radius 3 is 2.64 bits per heavy atom. The summed E-state index contributed by atoms with van der Waals surface area (Å²) in [6, 6.07) is 0. The van der Waals surface area contributed by atoms with Gasteiger partial charge < -0.3 is 15.7 Å². The number of aliphatic hydroxyl groups is 1. The standard InChI is InChI=1S/C7H16N2O2/c1-2-7(11)9-4-3-8-5-6-10/h8,10H,2-6H2,1H3,(H,9,11). The van der Waals surface area contributed by atoms with Crippen molar-refractivity contribution in [2.75, 3.05) is 26.2 Å². The van der Waals surface area contributed by atoms with Gasteiger partial charge in [0.05, 0.1) is 6.61 Å². The highest BCUT2D eigenvalue weighted by Crippen LogP contribution is 1.72. The van der Waals surface area contributed by atoms with Gasteiger partial charge >= 0.3 is 0 Å². The average Bonchev–Trinajstić information content (AvgIpc) is 2.04. The zero-order valence-electron chi connectivity index (χ0n) is 6.89. The van der Waals surface area contributed by atoms with E-state index in [0.717, 1.165) is 0 Å². The van der Waals surface area contributed by atoms with Crippen LogP contribution in [0, 0.1) is 0 Å². The van der Waals surface area contributed by atoms with Gasteiger partial charge in [0.25, 0.3) is 0 Å². The van der Waals surface area contributed by atoms with Crippen molar-refractivity contribution in [3.63, 3.8) is 0 Å². The molecular formula is C7H16N2O2. The summed E-state index contributed by atoms with van der Waals surface area (Å²) < 4.78 is 0. The maximum absolute atomic E-state index is 10.7. The quantitative estimate of drug-likeness (QED) is 0.441. The van der Waals surface area contributed by atoms with Crippen molar-refractivity contribution < 1.29 is 9.90 Å². The summed E-state index contributed by atoms with van der Waals surface area (Å²) in [6.07, 6.45) is 0.528. The normalized spacial score (nSPS) is 9.64. The van der Waals surface area contributed by atoms with Crippen LogP contribution in [-0.4, -0.2) is 37.3 Å². The van der Waals surface area contributed by atoms with Gasteiger partial charge in [0.15, 0.2) is 0 Å². The Morgan fingerprint density at radius 1 is 1.36 bits per heavy atom. The van der Waals surface area contributed by atoms with Crippen LogP contribution in [0.25, 0.3) is 0 Å². The van der Waals surface area contributed by atoms with Crippen LogP contribution < -0.4 is 10.6 Å². The van der Waals surface area contributed by atoms with Gasteiger partial charge in [-0.3, -0.25) is 4.79 Å². The van der Waals surface area contributed by atoms with Crippen LogP contribution in [0.4, 0.5) is 0 Å². The minimum absolute atomic E-state index is 0.0656. The molecule has 0 aromatic carbocycles. The molecule has 4 heteroatoms. The summed E-state index contributed by atoms with van der Waals surface area (Å²) in [5.41, 5.74) is 0. The van der Waals surface area contributed by atoms with E-state index in [-0.39, 0.29) is 12.5 Å². The molecule has 11 heavy (non-hydrogen) atoms. The molecule has 0 aliphatic heterocycles. The Hall–Kier alpha value is -0.610. The summed E-state index contributed by atoms with van der Waals surface area (Å²) in [7, 11) is 0. The first-order valence-electron chi connectivity index (χ1n) is 3.89. The van der Waals surface area contributed by atoms with Crippen LogP contribution in [-0.2, 0) is 4.79 Å². The van der Waals surface area contributed by atoms with E-state index >= 15 is 0 Å². The molecule has 0 saturated carbocycles. The summed E-state index contributed by atoms with van der Waals surface area (Å²) in [5, 5.41) is 14.0. The van der Waals surface area contributed by atoms with Gasteiger partial charge in [-0.25, -0.2) is 0 Å². The van der Waals surface area contributed by atoms with Crippen LogP contribution in [0.2, 0.25) is 0 Å². The highest BCUT2D eigenvalue weighted by molar-refractivity contribution is 5.75.